The molecule has 0 spiro atoms. The maximum atomic E-state index is 12.8. The van der Waals surface area contributed by atoms with Crippen molar-refractivity contribution < 1.29 is 18.7 Å². The third-order valence-corrected chi connectivity index (χ3v) is 5.15. The zero-order valence-corrected chi connectivity index (χ0v) is 17.9. The number of benzene rings is 1. The highest BCUT2D eigenvalue weighted by molar-refractivity contribution is 7.09. The Morgan fingerprint density at radius 3 is 2.63 bits per heavy atom. The molecule has 2 heterocycles. The summed E-state index contributed by atoms with van der Waals surface area (Å²) in [5.74, 6) is 1.10. The Kier molecular flexibility index (Phi) is 7.08. The molecule has 9 heteroatoms. The van der Waals surface area contributed by atoms with Gasteiger partial charge in [0.15, 0.2) is 0 Å². The first kappa shape index (κ1) is 21.4. The summed E-state index contributed by atoms with van der Waals surface area (Å²) in [5.41, 5.74) is 0.990. The lowest BCUT2D eigenvalue weighted by Gasteiger charge is -2.26. The van der Waals surface area contributed by atoms with Gasteiger partial charge in [-0.05, 0) is 50.2 Å². The number of nitrogens with zero attached hydrogens (tertiary/aromatic N) is 2. The summed E-state index contributed by atoms with van der Waals surface area (Å²) < 4.78 is 10.3. The van der Waals surface area contributed by atoms with Gasteiger partial charge in [-0.1, -0.05) is 0 Å². The van der Waals surface area contributed by atoms with E-state index in [-0.39, 0.29) is 18.0 Å². The van der Waals surface area contributed by atoms with E-state index in [1.807, 2.05) is 13.8 Å². The van der Waals surface area contributed by atoms with Gasteiger partial charge in [0.25, 0.3) is 5.91 Å². The van der Waals surface area contributed by atoms with Gasteiger partial charge in [-0.2, -0.15) is 0 Å². The molecule has 0 fully saturated rings. The topological polar surface area (TPSA) is 96.7 Å². The summed E-state index contributed by atoms with van der Waals surface area (Å²) >= 11 is 1.34. The van der Waals surface area contributed by atoms with Crippen molar-refractivity contribution in [3.8, 4) is 5.75 Å². The number of thiazole rings is 1. The molecule has 1 aromatic carbocycles. The maximum absolute atomic E-state index is 12.8. The zero-order chi connectivity index (χ0) is 21.5. The molecular weight excluding hydrogens is 404 g/mol. The summed E-state index contributed by atoms with van der Waals surface area (Å²) in [5, 5.41) is 8.01. The molecule has 8 nitrogen and oxygen atoms in total. The highest BCUT2D eigenvalue weighted by Gasteiger charge is 2.20. The van der Waals surface area contributed by atoms with E-state index < -0.39 is 0 Å². The molecule has 158 valence electrons. The average Bonchev–Trinajstić information content (AvgIpc) is 3.42. The van der Waals surface area contributed by atoms with E-state index in [0.717, 1.165) is 0 Å². The quantitative estimate of drug-likeness (QED) is 0.563. The molecule has 30 heavy (non-hydrogen) atoms. The Labute approximate surface area is 178 Å². The SMILES string of the molecule is COc1ccc(NC(=O)N(Cc2nc(C(=O)NCc3ccco3)cs2)C(C)C)cc1. The van der Waals surface area contributed by atoms with Crippen molar-refractivity contribution in [1.82, 2.24) is 15.2 Å². The van der Waals surface area contributed by atoms with Crippen LogP contribution in [0.3, 0.4) is 0 Å². The first-order valence-corrected chi connectivity index (χ1v) is 10.3. The van der Waals surface area contributed by atoms with Crippen LogP contribution in [0.15, 0.2) is 52.5 Å². The van der Waals surface area contributed by atoms with Crippen LogP contribution in [-0.4, -0.2) is 35.0 Å². The van der Waals surface area contributed by atoms with Crippen LogP contribution in [0.5, 0.6) is 5.75 Å². The molecule has 0 bridgehead atoms. The molecule has 0 radical (unpaired) electrons. The van der Waals surface area contributed by atoms with Crippen molar-refractivity contribution in [3.05, 3.63) is 64.5 Å². The van der Waals surface area contributed by atoms with E-state index in [0.29, 0.717) is 41.0 Å². The van der Waals surface area contributed by atoms with Crippen molar-refractivity contribution in [2.45, 2.75) is 33.0 Å². The van der Waals surface area contributed by atoms with Crippen LogP contribution in [-0.2, 0) is 13.1 Å². The Morgan fingerprint density at radius 2 is 2.00 bits per heavy atom. The maximum Gasteiger partial charge on any atom is 0.322 e. The van der Waals surface area contributed by atoms with Gasteiger partial charge in [0.2, 0.25) is 0 Å². The Balaban J connectivity index is 1.60. The molecule has 3 rings (SSSR count). The molecule has 0 atom stereocenters. The van der Waals surface area contributed by atoms with Crippen molar-refractivity contribution in [2.75, 3.05) is 12.4 Å². The van der Waals surface area contributed by atoms with Crippen molar-refractivity contribution in [3.63, 3.8) is 0 Å². The van der Waals surface area contributed by atoms with Crippen molar-refractivity contribution >= 4 is 29.0 Å². The fourth-order valence-electron chi connectivity index (χ4n) is 2.66. The smallest absolute Gasteiger partial charge is 0.322 e. The number of furan rings is 1. The monoisotopic (exact) mass is 428 g/mol. The van der Waals surface area contributed by atoms with E-state index >= 15 is 0 Å². The van der Waals surface area contributed by atoms with E-state index in [2.05, 4.69) is 15.6 Å². The fraction of sp³-hybridized carbons (Fsp3) is 0.286. The van der Waals surface area contributed by atoms with Crippen LogP contribution in [0.2, 0.25) is 0 Å². The molecule has 0 aliphatic carbocycles. The van der Waals surface area contributed by atoms with Crippen LogP contribution >= 0.6 is 11.3 Å². The number of ether oxygens (including phenoxy) is 1. The third-order valence-electron chi connectivity index (χ3n) is 4.32. The lowest BCUT2D eigenvalue weighted by atomic mass is 10.3. The number of aromatic nitrogens is 1. The number of hydrogen-bond acceptors (Lipinski definition) is 6. The number of rotatable bonds is 8. The van der Waals surface area contributed by atoms with Crippen LogP contribution in [0.4, 0.5) is 10.5 Å². The number of anilines is 1. The lowest BCUT2D eigenvalue weighted by molar-refractivity contribution is 0.0943. The van der Waals surface area contributed by atoms with E-state index in [4.69, 9.17) is 9.15 Å². The molecule has 2 aromatic heterocycles. The van der Waals surface area contributed by atoms with Gasteiger partial charge < -0.3 is 24.7 Å². The highest BCUT2D eigenvalue weighted by Crippen LogP contribution is 2.18. The lowest BCUT2D eigenvalue weighted by Crippen LogP contribution is -2.39. The van der Waals surface area contributed by atoms with Gasteiger partial charge in [-0.15, -0.1) is 11.3 Å². The van der Waals surface area contributed by atoms with E-state index in [1.165, 1.54) is 11.3 Å². The second kappa shape index (κ2) is 9.93. The third kappa shape index (κ3) is 5.60. The molecule has 3 aromatic rings. The predicted octanol–water partition coefficient (Wildman–Crippen LogP) is 4.12. The van der Waals surface area contributed by atoms with Crippen molar-refractivity contribution in [2.24, 2.45) is 0 Å². The number of carbonyl (C=O) groups is 2. The summed E-state index contributed by atoms with van der Waals surface area (Å²) in [4.78, 5) is 31.1. The minimum absolute atomic E-state index is 0.0524. The first-order valence-electron chi connectivity index (χ1n) is 9.43. The van der Waals surface area contributed by atoms with Crippen LogP contribution in [0.25, 0.3) is 0 Å². The predicted molar refractivity (Wildman–Crippen MR) is 115 cm³/mol. The number of carbonyl (C=O) groups excluding carboxylic acids is 2. The van der Waals surface area contributed by atoms with E-state index in [9.17, 15) is 9.59 Å². The normalized spacial score (nSPS) is 10.7. The molecule has 0 saturated carbocycles. The average molecular weight is 429 g/mol. The second-order valence-corrected chi connectivity index (χ2v) is 7.71. The van der Waals surface area contributed by atoms with Gasteiger partial charge in [0.05, 0.1) is 26.5 Å². The van der Waals surface area contributed by atoms with Crippen molar-refractivity contribution in [1.29, 1.82) is 0 Å². The summed E-state index contributed by atoms with van der Waals surface area (Å²) in [6.45, 7) is 4.45. The Bertz CT molecular complexity index is 967. The molecule has 0 unspecified atom stereocenters. The van der Waals surface area contributed by atoms with Gasteiger partial charge in [-0.3, -0.25) is 4.79 Å². The summed E-state index contributed by atoms with van der Waals surface area (Å²) in [6.07, 6.45) is 1.56. The number of methoxy groups -OCH3 is 1. The van der Waals surface area contributed by atoms with Crippen LogP contribution in [0, 0.1) is 0 Å². The highest BCUT2D eigenvalue weighted by atomic mass is 32.1. The minimum atomic E-state index is -0.285. The number of hydrogen-bond donors (Lipinski definition) is 2. The molecule has 0 aliphatic rings. The molecule has 0 aliphatic heterocycles. The van der Waals surface area contributed by atoms with Gasteiger partial charge in [-0.25, -0.2) is 9.78 Å². The van der Waals surface area contributed by atoms with Gasteiger partial charge in [0.1, 0.15) is 22.2 Å². The van der Waals surface area contributed by atoms with E-state index in [1.54, 1.807) is 60.1 Å². The molecule has 2 N–H and O–H groups in total. The zero-order valence-electron chi connectivity index (χ0n) is 17.0. The number of urea groups is 1. The first-order chi connectivity index (χ1) is 14.5. The van der Waals surface area contributed by atoms with Gasteiger partial charge >= 0.3 is 6.03 Å². The van der Waals surface area contributed by atoms with Gasteiger partial charge in [0, 0.05) is 17.1 Å². The molecule has 0 saturated heterocycles. The fourth-order valence-corrected chi connectivity index (χ4v) is 3.44. The second-order valence-electron chi connectivity index (χ2n) is 6.77. The molecular formula is C21H24N4O4S. The number of nitrogens with one attached hydrogen (secondary N) is 2. The minimum Gasteiger partial charge on any atom is -0.497 e. The standard InChI is InChI=1S/C21H24N4O4S/c1-14(2)25(21(27)23-15-6-8-16(28-3)9-7-15)12-19-24-18(13-30-19)20(26)22-11-17-5-4-10-29-17/h4-10,13-14H,11-12H2,1-3H3,(H,22,26)(H,23,27). The molecule has 3 amide bonds. The summed E-state index contributed by atoms with van der Waals surface area (Å²) in [6, 6.07) is 10.4. The number of amides is 3. The Hall–Kier alpha value is -3.33. The summed E-state index contributed by atoms with van der Waals surface area (Å²) in [7, 11) is 1.59. The Morgan fingerprint density at radius 1 is 1.23 bits per heavy atom. The van der Waals surface area contributed by atoms with Crippen LogP contribution in [0.1, 0.15) is 35.1 Å². The largest absolute Gasteiger partial charge is 0.497 e. The van der Waals surface area contributed by atoms with Crippen LogP contribution < -0.4 is 15.4 Å².